The van der Waals surface area contributed by atoms with Gasteiger partial charge >= 0.3 is 6.03 Å². The van der Waals surface area contributed by atoms with Crippen LogP contribution in [0.15, 0.2) is 64.9 Å². The van der Waals surface area contributed by atoms with Crippen molar-refractivity contribution < 1.29 is 27.9 Å². The number of aliphatic hydroxyl groups excluding tert-OH is 1. The Morgan fingerprint density at radius 2 is 1.69 bits per heavy atom. The summed E-state index contributed by atoms with van der Waals surface area (Å²) in [4.78, 5) is 38.5. The number of nitrogens with zero attached hydrogens (tertiary/aromatic N) is 5. The van der Waals surface area contributed by atoms with Gasteiger partial charge in [0.1, 0.15) is 16.8 Å². The van der Waals surface area contributed by atoms with Gasteiger partial charge in [-0.05, 0) is 61.2 Å². The highest BCUT2D eigenvalue weighted by atomic mass is 32.2. The second kappa shape index (κ2) is 19.0. The van der Waals surface area contributed by atoms with Gasteiger partial charge in [-0.1, -0.05) is 71.9 Å². The van der Waals surface area contributed by atoms with E-state index in [1.165, 1.54) is 23.5 Å². The Labute approximate surface area is 313 Å². The Hall–Kier alpha value is -3.56. The molecular formula is C38H56N6O6S2. The van der Waals surface area contributed by atoms with Crippen LogP contribution in [0.1, 0.15) is 57.8 Å². The SMILES string of the molecule is CCN(CC)Cc1nc(CN2CCN([C@H](C(=O)N[C@@H](Cc3ccccc3)[C@H](O)CN(CC(C)C)S(=O)(=O)c3ccc(OC)cc3)C(C)C)C2=O)cs1. The molecule has 0 saturated carbocycles. The van der Waals surface area contributed by atoms with Gasteiger partial charge in [0.15, 0.2) is 0 Å². The molecule has 2 aromatic carbocycles. The zero-order valence-electron chi connectivity index (χ0n) is 31.6. The fraction of sp³-hybridized carbons (Fsp3) is 0.553. The summed E-state index contributed by atoms with van der Waals surface area (Å²) < 4.78 is 34.3. The standard InChI is InChI=1S/C38H56N6O6S2/c1-8-41(9-2)25-35-39-30(26-51-35)23-42-19-20-44(38(42)47)36(28(5)6)37(46)40-33(21-29-13-11-10-12-14-29)34(45)24-43(22-27(3)4)52(48,49)32-17-15-31(50-7)16-18-32/h10-18,26-28,33-34,36,45H,8-9,19-25H2,1-7H3,(H,40,46)/t33-,34+,36-/m0/s1. The molecular weight excluding hydrogens is 701 g/mol. The van der Waals surface area contributed by atoms with Crippen molar-refractivity contribution >= 4 is 33.3 Å². The summed E-state index contributed by atoms with van der Waals surface area (Å²) in [5.41, 5.74) is 1.70. The summed E-state index contributed by atoms with van der Waals surface area (Å²) in [5.74, 6) is -0.127. The minimum atomic E-state index is -4.00. The topological polar surface area (TPSA) is 136 Å². The van der Waals surface area contributed by atoms with E-state index in [1.54, 1.807) is 33.3 Å². The first-order chi connectivity index (χ1) is 24.8. The lowest BCUT2D eigenvalue weighted by atomic mass is 9.97. The van der Waals surface area contributed by atoms with Gasteiger partial charge in [0.25, 0.3) is 0 Å². The summed E-state index contributed by atoms with van der Waals surface area (Å²) in [6, 6.07) is 13.7. The number of hydrogen-bond donors (Lipinski definition) is 2. The molecule has 4 rings (SSSR count). The number of sulfonamides is 1. The molecule has 0 unspecified atom stereocenters. The van der Waals surface area contributed by atoms with Crippen LogP contribution in [0.3, 0.4) is 0 Å². The molecule has 0 radical (unpaired) electrons. The normalized spacial score (nSPS) is 15.6. The van der Waals surface area contributed by atoms with Gasteiger partial charge in [-0.3, -0.25) is 9.69 Å². The minimum absolute atomic E-state index is 0.0323. The zero-order valence-corrected chi connectivity index (χ0v) is 33.2. The van der Waals surface area contributed by atoms with Crippen LogP contribution in [0.5, 0.6) is 5.75 Å². The molecule has 0 aliphatic carbocycles. The fourth-order valence-electron chi connectivity index (χ4n) is 6.47. The number of aromatic nitrogens is 1. The minimum Gasteiger partial charge on any atom is -0.497 e. The second-order valence-electron chi connectivity index (χ2n) is 14.0. The highest BCUT2D eigenvalue weighted by molar-refractivity contribution is 7.89. The van der Waals surface area contributed by atoms with Gasteiger partial charge in [0.05, 0.1) is 42.9 Å². The van der Waals surface area contributed by atoms with Gasteiger partial charge < -0.3 is 25.0 Å². The van der Waals surface area contributed by atoms with Crippen molar-refractivity contribution in [2.45, 2.75) is 84.1 Å². The van der Waals surface area contributed by atoms with Crippen LogP contribution >= 0.6 is 11.3 Å². The maximum Gasteiger partial charge on any atom is 0.321 e. The first-order valence-corrected chi connectivity index (χ1v) is 20.5. The van der Waals surface area contributed by atoms with Crippen molar-refractivity contribution in [3.63, 3.8) is 0 Å². The van der Waals surface area contributed by atoms with E-state index >= 15 is 0 Å². The number of urea groups is 1. The lowest BCUT2D eigenvalue weighted by Crippen LogP contribution is -2.57. The molecule has 1 aliphatic heterocycles. The molecule has 52 heavy (non-hydrogen) atoms. The third-order valence-electron chi connectivity index (χ3n) is 9.32. The van der Waals surface area contributed by atoms with E-state index < -0.39 is 34.1 Å². The maximum absolute atomic E-state index is 14.2. The molecule has 1 fully saturated rings. The van der Waals surface area contributed by atoms with Crippen LogP contribution in [-0.2, 0) is 34.3 Å². The Morgan fingerprint density at radius 1 is 1.02 bits per heavy atom. The number of benzene rings is 2. The van der Waals surface area contributed by atoms with Crippen molar-refractivity contribution in [1.29, 1.82) is 0 Å². The van der Waals surface area contributed by atoms with Crippen molar-refractivity contribution in [1.82, 2.24) is 29.3 Å². The number of thiazole rings is 1. The highest BCUT2D eigenvalue weighted by Crippen LogP contribution is 2.24. The predicted molar refractivity (Wildman–Crippen MR) is 205 cm³/mol. The van der Waals surface area contributed by atoms with Crippen LogP contribution in [0.2, 0.25) is 0 Å². The van der Waals surface area contributed by atoms with Crippen LogP contribution in [0, 0.1) is 11.8 Å². The van der Waals surface area contributed by atoms with Crippen molar-refractivity contribution in [2.75, 3.05) is 46.4 Å². The Bertz CT molecular complexity index is 1680. The third-order valence-corrected chi connectivity index (χ3v) is 12.0. The van der Waals surface area contributed by atoms with E-state index in [1.807, 2.05) is 63.4 Å². The molecule has 1 saturated heterocycles. The number of rotatable bonds is 20. The van der Waals surface area contributed by atoms with E-state index in [0.717, 1.165) is 35.9 Å². The van der Waals surface area contributed by atoms with E-state index in [9.17, 15) is 23.1 Å². The molecule has 2 heterocycles. The van der Waals surface area contributed by atoms with E-state index in [-0.39, 0.29) is 42.3 Å². The van der Waals surface area contributed by atoms with Crippen molar-refractivity contribution in [2.24, 2.45) is 11.8 Å². The van der Waals surface area contributed by atoms with Crippen LogP contribution in [0.25, 0.3) is 0 Å². The largest absolute Gasteiger partial charge is 0.497 e. The van der Waals surface area contributed by atoms with E-state index in [2.05, 4.69) is 24.1 Å². The van der Waals surface area contributed by atoms with E-state index in [4.69, 9.17) is 9.72 Å². The highest BCUT2D eigenvalue weighted by Gasteiger charge is 2.40. The smallest absolute Gasteiger partial charge is 0.321 e. The molecule has 3 aromatic rings. The molecule has 1 aromatic heterocycles. The number of nitrogens with one attached hydrogen (secondary N) is 1. The molecule has 0 bridgehead atoms. The number of methoxy groups -OCH3 is 1. The number of ether oxygens (including phenoxy) is 1. The molecule has 3 amide bonds. The molecule has 3 atom stereocenters. The lowest BCUT2D eigenvalue weighted by molar-refractivity contribution is -0.128. The van der Waals surface area contributed by atoms with Crippen LogP contribution in [0.4, 0.5) is 4.79 Å². The van der Waals surface area contributed by atoms with E-state index in [0.29, 0.717) is 25.4 Å². The first-order valence-electron chi connectivity index (χ1n) is 18.1. The summed E-state index contributed by atoms with van der Waals surface area (Å²) in [6.07, 6.45) is -0.999. The Balaban J connectivity index is 1.53. The number of hydrogen-bond acceptors (Lipinski definition) is 9. The molecule has 0 spiro atoms. The second-order valence-corrected chi connectivity index (χ2v) is 16.9. The average Bonchev–Trinajstić information content (AvgIpc) is 3.72. The quantitative estimate of drug-likeness (QED) is 0.170. The molecule has 1 aliphatic rings. The Kier molecular flexibility index (Phi) is 15.0. The Morgan fingerprint density at radius 3 is 2.29 bits per heavy atom. The van der Waals surface area contributed by atoms with Gasteiger partial charge in [-0.2, -0.15) is 4.31 Å². The van der Waals surface area contributed by atoms with Gasteiger partial charge in [-0.25, -0.2) is 18.2 Å². The molecule has 12 nitrogen and oxygen atoms in total. The fourth-order valence-corrected chi connectivity index (χ4v) is 8.92. The van der Waals surface area contributed by atoms with Gasteiger partial charge in [-0.15, -0.1) is 11.3 Å². The average molecular weight is 757 g/mol. The predicted octanol–water partition coefficient (Wildman–Crippen LogP) is 4.69. The monoisotopic (exact) mass is 756 g/mol. The van der Waals surface area contributed by atoms with Crippen molar-refractivity contribution in [3.05, 3.63) is 76.2 Å². The summed E-state index contributed by atoms with van der Waals surface area (Å²) in [6.45, 7) is 15.6. The number of amides is 3. The van der Waals surface area contributed by atoms with Gasteiger partial charge in [0, 0.05) is 31.6 Å². The molecule has 14 heteroatoms. The lowest BCUT2D eigenvalue weighted by Gasteiger charge is -2.34. The summed E-state index contributed by atoms with van der Waals surface area (Å²) in [7, 11) is -2.49. The maximum atomic E-state index is 14.2. The van der Waals surface area contributed by atoms with Crippen LogP contribution in [-0.4, -0.2) is 114 Å². The molecule has 286 valence electrons. The third kappa shape index (κ3) is 10.8. The number of carbonyl (C=O) groups excluding carboxylic acids is 2. The summed E-state index contributed by atoms with van der Waals surface area (Å²) in [5, 5.41) is 17.8. The van der Waals surface area contributed by atoms with Crippen LogP contribution < -0.4 is 10.1 Å². The van der Waals surface area contributed by atoms with Crippen molar-refractivity contribution in [3.8, 4) is 5.75 Å². The van der Waals surface area contributed by atoms with Gasteiger partial charge in [0.2, 0.25) is 15.9 Å². The summed E-state index contributed by atoms with van der Waals surface area (Å²) >= 11 is 1.59. The zero-order chi connectivity index (χ0) is 38.0. The number of carbonyl (C=O) groups is 2. The molecule has 2 N–H and O–H groups in total. The first kappa shape index (κ1) is 41.2. The number of aliphatic hydroxyl groups is 1.